The number of carbonyl (C=O) groups is 2. The van der Waals surface area contributed by atoms with E-state index in [4.69, 9.17) is 4.74 Å². The second-order valence-corrected chi connectivity index (χ2v) is 5.45. The van der Waals surface area contributed by atoms with Crippen LogP contribution < -0.4 is 5.32 Å². The fourth-order valence-corrected chi connectivity index (χ4v) is 1.47. The van der Waals surface area contributed by atoms with Crippen LogP contribution in [-0.4, -0.2) is 24.8 Å². The van der Waals surface area contributed by atoms with Gasteiger partial charge in [-0.15, -0.1) is 0 Å². The number of rotatable bonds is 4. The SMILES string of the molecule is COC(=O)C=Cc1ccc(CNC(=O)OC(C)(C)C)cc1. The van der Waals surface area contributed by atoms with Crippen LogP contribution in [0.15, 0.2) is 30.3 Å². The van der Waals surface area contributed by atoms with Crippen LogP contribution in [0, 0.1) is 0 Å². The molecule has 1 N–H and O–H groups in total. The first-order chi connectivity index (χ1) is 9.80. The summed E-state index contributed by atoms with van der Waals surface area (Å²) in [7, 11) is 1.33. The van der Waals surface area contributed by atoms with Crippen LogP contribution in [0.5, 0.6) is 0 Å². The molecule has 114 valence electrons. The van der Waals surface area contributed by atoms with Crippen LogP contribution in [-0.2, 0) is 20.8 Å². The lowest BCUT2D eigenvalue weighted by Gasteiger charge is -2.19. The molecular weight excluding hydrogens is 270 g/mol. The number of hydrogen-bond donors (Lipinski definition) is 1. The quantitative estimate of drug-likeness (QED) is 0.684. The Labute approximate surface area is 124 Å². The summed E-state index contributed by atoms with van der Waals surface area (Å²) in [6.45, 7) is 5.83. The van der Waals surface area contributed by atoms with Crippen molar-refractivity contribution in [1.82, 2.24) is 5.32 Å². The zero-order chi connectivity index (χ0) is 15.9. The second-order valence-electron chi connectivity index (χ2n) is 5.45. The van der Waals surface area contributed by atoms with E-state index in [1.165, 1.54) is 13.2 Å². The summed E-state index contributed by atoms with van der Waals surface area (Å²) < 4.78 is 9.66. The topological polar surface area (TPSA) is 64.6 Å². The van der Waals surface area contributed by atoms with Gasteiger partial charge in [0, 0.05) is 12.6 Å². The fraction of sp³-hybridized carbons (Fsp3) is 0.375. The number of amides is 1. The van der Waals surface area contributed by atoms with Gasteiger partial charge in [-0.3, -0.25) is 0 Å². The zero-order valence-corrected chi connectivity index (χ0v) is 12.8. The molecule has 1 aromatic rings. The Hall–Kier alpha value is -2.30. The number of methoxy groups -OCH3 is 1. The molecule has 0 aliphatic heterocycles. The fourth-order valence-electron chi connectivity index (χ4n) is 1.47. The number of benzene rings is 1. The zero-order valence-electron chi connectivity index (χ0n) is 12.8. The Morgan fingerprint density at radius 3 is 2.33 bits per heavy atom. The van der Waals surface area contributed by atoms with Crippen molar-refractivity contribution >= 4 is 18.1 Å². The Morgan fingerprint density at radius 1 is 1.19 bits per heavy atom. The van der Waals surface area contributed by atoms with Crippen LogP contribution in [0.1, 0.15) is 31.9 Å². The Kier molecular flexibility index (Phi) is 5.96. The van der Waals surface area contributed by atoms with Crippen LogP contribution in [0.25, 0.3) is 6.08 Å². The number of nitrogens with one attached hydrogen (secondary N) is 1. The largest absolute Gasteiger partial charge is 0.466 e. The van der Waals surface area contributed by atoms with Crippen molar-refractivity contribution in [1.29, 1.82) is 0 Å². The predicted octanol–water partition coefficient (Wildman–Crippen LogP) is 2.90. The highest BCUT2D eigenvalue weighted by Gasteiger charge is 2.15. The standard InChI is InChI=1S/C16H21NO4/c1-16(2,3)21-15(19)17-11-13-7-5-12(6-8-13)9-10-14(18)20-4/h5-10H,11H2,1-4H3,(H,17,19). The maximum Gasteiger partial charge on any atom is 0.407 e. The monoisotopic (exact) mass is 291 g/mol. The van der Waals surface area contributed by atoms with Gasteiger partial charge in [-0.1, -0.05) is 24.3 Å². The average molecular weight is 291 g/mol. The molecule has 0 saturated heterocycles. The molecule has 0 aromatic heterocycles. The van der Waals surface area contributed by atoms with Gasteiger partial charge in [-0.25, -0.2) is 9.59 Å². The predicted molar refractivity (Wildman–Crippen MR) is 80.6 cm³/mol. The average Bonchev–Trinajstić information content (AvgIpc) is 2.41. The van der Waals surface area contributed by atoms with E-state index in [9.17, 15) is 9.59 Å². The molecule has 0 bridgehead atoms. The highest BCUT2D eigenvalue weighted by Crippen LogP contribution is 2.08. The highest BCUT2D eigenvalue weighted by atomic mass is 16.6. The third-order valence-corrected chi connectivity index (χ3v) is 2.43. The molecule has 0 heterocycles. The first-order valence-corrected chi connectivity index (χ1v) is 6.62. The maximum absolute atomic E-state index is 11.5. The molecule has 0 saturated carbocycles. The van der Waals surface area contributed by atoms with Gasteiger partial charge in [-0.05, 0) is 38.0 Å². The number of alkyl carbamates (subject to hydrolysis) is 1. The first-order valence-electron chi connectivity index (χ1n) is 6.62. The molecule has 21 heavy (non-hydrogen) atoms. The van der Waals surface area contributed by atoms with Crippen LogP contribution in [0.4, 0.5) is 4.79 Å². The number of carbonyl (C=O) groups excluding carboxylic acids is 2. The van der Waals surface area contributed by atoms with Gasteiger partial charge >= 0.3 is 12.1 Å². The molecule has 0 fully saturated rings. The third-order valence-electron chi connectivity index (χ3n) is 2.43. The highest BCUT2D eigenvalue weighted by molar-refractivity contribution is 5.86. The number of hydrogen-bond acceptors (Lipinski definition) is 4. The molecule has 0 atom stereocenters. The molecule has 0 spiro atoms. The van der Waals surface area contributed by atoms with Crippen molar-refractivity contribution < 1.29 is 19.1 Å². The van der Waals surface area contributed by atoms with E-state index in [2.05, 4.69) is 10.1 Å². The van der Waals surface area contributed by atoms with Gasteiger partial charge in [-0.2, -0.15) is 0 Å². The summed E-state index contributed by atoms with van der Waals surface area (Å²) in [6, 6.07) is 7.44. The van der Waals surface area contributed by atoms with E-state index in [-0.39, 0.29) is 0 Å². The van der Waals surface area contributed by atoms with Gasteiger partial charge in [0.2, 0.25) is 0 Å². The second kappa shape index (κ2) is 7.47. The smallest absolute Gasteiger partial charge is 0.407 e. The summed E-state index contributed by atoms with van der Waals surface area (Å²) in [6.07, 6.45) is 2.57. The van der Waals surface area contributed by atoms with Crippen LogP contribution in [0.2, 0.25) is 0 Å². The van der Waals surface area contributed by atoms with E-state index in [1.54, 1.807) is 6.08 Å². The minimum atomic E-state index is -0.507. The molecule has 1 rings (SSSR count). The summed E-state index contributed by atoms with van der Waals surface area (Å²) >= 11 is 0. The molecule has 1 amide bonds. The van der Waals surface area contributed by atoms with Crippen molar-refractivity contribution in [3.63, 3.8) is 0 Å². The Balaban J connectivity index is 2.50. The normalized spacial score (nSPS) is 11.2. The van der Waals surface area contributed by atoms with Gasteiger partial charge in [0.15, 0.2) is 0 Å². The lowest BCUT2D eigenvalue weighted by molar-refractivity contribution is -0.134. The Bertz CT molecular complexity index is 512. The third kappa shape index (κ3) is 7.15. The summed E-state index contributed by atoms with van der Waals surface area (Å²) in [4.78, 5) is 22.5. The van der Waals surface area contributed by atoms with E-state index in [0.29, 0.717) is 6.54 Å². The van der Waals surface area contributed by atoms with Gasteiger partial charge in [0.25, 0.3) is 0 Å². The maximum atomic E-state index is 11.5. The summed E-state index contributed by atoms with van der Waals surface area (Å²) in [5, 5.41) is 2.68. The lowest BCUT2D eigenvalue weighted by atomic mass is 10.1. The van der Waals surface area contributed by atoms with E-state index in [0.717, 1.165) is 11.1 Å². The van der Waals surface area contributed by atoms with Crippen molar-refractivity contribution in [3.05, 3.63) is 41.5 Å². The number of ether oxygens (including phenoxy) is 2. The van der Waals surface area contributed by atoms with Crippen molar-refractivity contribution in [3.8, 4) is 0 Å². The van der Waals surface area contributed by atoms with E-state index >= 15 is 0 Å². The van der Waals surface area contributed by atoms with Crippen molar-refractivity contribution in [2.24, 2.45) is 0 Å². The molecule has 0 unspecified atom stereocenters. The van der Waals surface area contributed by atoms with E-state index < -0.39 is 17.7 Å². The molecule has 5 nitrogen and oxygen atoms in total. The molecule has 1 aromatic carbocycles. The Morgan fingerprint density at radius 2 is 1.81 bits per heavy atom. The molecule has 5 heteroatoms. The van der Waals surface area contributed by atoms with Crippen molar-refractivity contribution in [2.75, 3.05) is 7.11 Å². The number of esters is 1. The van der Waals surface area contributed by atoms with Crippen LogP contribution >= 0.6 is 0 Å². The minimum absolute atomic E-state index is 0.385. The molecule has 0 aliphatic rings. The van der Waals surface area contributed by atoms with Gasteiger partial charge in [0.1, 0.15) is 5.60 Å². The summed E-state index contributed by atoms with van der Waals surface area (Å²) in [5.41, 5.74) is 1.31. The summed E-state index contributed by atoms with van der Waals surface area (Å²) in [5.74, 6) is -0.398. The van der Waals surface area contributed by atoms with E-state index in [1.807, 2.05) is 45.0 Å². The van der Waals surface area contributed by atoms with Crippen molar-refractivity contribution in [2.45, 2.75) is 32.9 Å². The molecular formula is C16H21NO4. The van der Waals surface area contributed by atoms with Gasteiger partial charge in [0.05, 0.1) is 7.11 Å². The molecule has 0 aliphatic carbocycles. The van der Waals surface area contributed by atoms with Gasteiger partial charge < -0.3 is 14.8 Å². The molecule has 0 radical (unpaired) electrons. The first kappa shape index (κ1) is 16.8. The van der Waals surface area contributed by atoms with Crippen LogP contribution in [0.3, 0.4) is 0 Å². The minimum Gasteiger partial charge on any atom is -0.466 e. The lowest BCUT2D eigenvalue weighted by Crippen LogP contribution is -2.32.